The first-order valence-corrected chi connectivity index (χ1v) is 8.70. The molecule has 0 amide bonds. The van der Waals surface area contributed by atoms with Gasteiger partial charge in [-0.05, 0) is 37.1 Å². The Morgan fingerprint density at radius 2 is 1.81 bits per heavy atom. The first-order chi connectivity index (χ1) is 12.6. The van der Waals surface area contributed by atoms with Gasteiger partial charge in [0.1, 0.15) is 24.1 Å². The number of ether oxygens (including phenoxy) is 1. The van der Waals surface area contributed by atoms with E-state index >= 15 is 0 Å². The third-order valence-electron chi connectivity index (χ3n) is 4.51. The van der Waals surface area contributed by atoms with Gasteiger partial charge in [0.15, 0.2) is 0 Å². The van der Waals surface area contributed by atoms with Crippen molar-refractivity contribution in [2.45, 2.75) is 26.8 Å². The highest BCUT2D eigenvalue weighted by atomic mass is 16.5. The number of nitriles is 1. The summed E-state index contributed by atoms with van der Waals surface area (Å²) in [5.74, 6) is 0.867. The summed E-state index contributed by atoms with van der Waals surface area (Å²) >= 11 is 0. The van der Waals surface area contributed by atoms with E-state index in [4.69, 9.17) is 10.5 Å². The predicted molar refractivity (Wildman–Crippen MR) is 104 cm³/mol. The van der Waals surface area contributed by atoms with Crippen molar-refractivity contribution in [3.05, 3.63) is 82.7 Å². The van der Waals surface area contributed by atoms with E-state index < -0.39 is 0 Å². The molecule has 0 aliphatic carbocycles. The van der Waals surface area contributed by atoms with Gasteiger partial charge in [0.25, 0.3) is 0 Å². The van der Waals surface area contributed by atoms with Gasteiger partial charge in [-0.3, -0.25) is 0 Å². The van der Waals surface area contributed by atoms with Crippen molar-refractivity contribution < 1.29 is 4.74 Å². The number of anilines is 1. The van der Waals surface area contributed by atoms with Gasteiger partial charge in [-0.2, -0.15) is 5.26 Å². The van der Waals surface area contributed by atoms with Gasteiger partial charge in [-0.1, -0.05) is 48.0 Å². The summed E-state index contributed by atoms with van der Waals surface area (Å²) in [5.41, 5.74) is 11.9. The van der Waals surface area contributed by atoms with Crippen LogP contribution in [0.25, 0.3) is 0 Å². The van der Waals surface area contributed by atoms with Crippen LogP contribution in [0.3, 0.4) is 0 Å². The van der Waals surface area contributed by atoms with Gasteiger partial charge in [0.2, 0.25) is 0 Å². The molecule has 3 rings (SSSR count). The van der Waals surface area contributed by atoms with Crippen LogP contribution in [0.15, 0.2) is 54.6 Å². The molecule has 26 heavy (non-hydrogen) atoms. The van der Waals surface area contributed by atoms with Crippen LogP contribution in [0, 0.1) is 25.2 Å². The highest BCUT2D eigenvalue weighted by Gasteiger charge is 2.14. The van der Waals surface area contributed by atoms with Crippen molar-refractivity contribution in [3.63, 3.8) is 0 Å². The molecule has 0 aliphatic heterocycles. The van der Waals surface area contributed by atoms with Crippen molar-refractivity contribution in [3.8, 4) is 11.8 Å². The van der Waals surface area contributed by atoms with E-state index in [-0.39, 0.29) is 0 Å². The Balaban J connectivity index is 1.78. The topological polar surface area (TPSA) is 64.0 Å². The minimum Gasteiger partial charge on any atom is -0.491 e. The maximum absolute atomic E-state index is 9.45. The Hall–Kier alpha value is -3.19. The Morgan fingerprint density at radius 3 is 2.50 bits per heavy atom. The number of hydrogen-bond acceptors (Lipinski definition) is 3. The van der Waals surface area contributed by atoms with Gasteiger partial charge in [0, 0.05) is 12.1 Å². The molecule has 0 radical (unpaired) electrons. The van der Waals surface area contributed by atoms with Crippen LogP contribution in [-0.2, 0) is 13.0 Å². The van der Waals surface area contributed by atoms with Crippen LogP contribution in [0.2, 0.25) is 0 Å². The molecule has 2 aromatic carbocycles. The number of hydrogen-bond donors (Lipinski definition) is 1. The third kappa shape index (κ3) is 3.89. The highest BCUT2D eigenvalue weighted by molar-refractivity contribution is 5.52. The van der Waals surface area contributed by atoms with Crippen molar-refractivity contribution in [1.82, 2.24) is 4.57 Å². The van der Waals surface area contributed by atoms with E-state index in [1.54, 1.807) is 6.07 Å². The Morgan fingerprint density at radius 1 is 1.08 bits per heavy atom. The molecule has 0 saturated carbocycles. The second-order valence-corrected chi connectivity index (χ2v) is 6.47. The van der Waals surface area contributed by atoms with Gasteiger partial charge < -0.3 is 15.0 Å². The zero-order valence-electron chi connectivity index (χ0n) is 15.2. The van der Waals surface area contributed by atoms with E-state index in [2.05, 4.69) is 37.3 Å². The highest BCUT2D eigenvalue weighted by Crippen LogP contribution is 2.23. The SMILES string of the molecule is Cc1ccc(Cc2c(N)cc(C#N)n2CCOc2ccccc2C)cc1. The zero-order chi connectivity index (χ0) is 18.5. The number of nitrogen functional groups attached to an aromatic ring is 1. The van der Waals surface area contributed by atoms with Crippen molar-refractivity contribution in [2.24, 2.45) is 0 Å². The van der Waals surface area contributed by atoms with Crippen LogP contribution in [0.1, 0.15) is 28.1 Å². The Labute approximate surface area is 154 Å². The van der Waals surface area contributed by atoms with Crippen LogP contribution in [0.5, 0.6) is 5.75 Å². The lowest BCUT2D eigenvalue weighted by atomic mass is 10.1. The van der Waals surface area contributed by atoms with E-state index in [0.717, 1.165) is 17.0 Å². The molecule has 2 N–H and O–H groups in total. The number of aryl methyl sites for hydroxylation is 2. The molecule has 0 unspecified atom stereocenters. The lowest BCUT2D eigenvalue weighted by molar-refractivity contribution is 0.295. The number of rotatable bonds is 6. The molecule has 0 bridgehead atoms. The molecular weight excluding hydrogens is 322 g/mol. The zero-order valence-corrected chi connectivity index (χ0v) is 15.2. The van der Waals surface area contributed by atoms with Crippen LogP contribution in [0.4, 0.5) is 5.69 Å². The maximum Gasteiger partial charge on any atom is 0.122 e. The lowest BCUT2D eigenvalue weighted by Gasteiger charge is -2.14. The third-order valence-corrected chi connectivity index (χ3v) is 4.51. The largest absolute Gasteiger partial charge is 0.491 e. The maximum atomic E-state index is 9.45. The molecule has 132 valence electrons. The second kappa shape index (κ2) is 7.79. The molecular formula is C22H23N3O. The molecule has 0 atom stereocenters. The number of aromatic nitrogens is 1. The summed E-state index contributed by atoms with van der Waals surface area (Å²) in [6, 6.07) is 20.3. The van der Waals surface area contributed by atoms with E-state index in [0.29, 0.717) is 31.0 Å². The normalized spacial score (nSPS) is 10.5. The summed E-state index contributed by atoms with van der Waals surface area (Å²) in [6.45, 7) is 5.15. The molecule has 3 aromatic rings. The molecule has 0 fully saturated rings. The minimum absolute atomic E-state index is 0.481. The van der Waals surface area contributed by atoms with Gasteiger partial charge in [-0.25, -0.2) is 0 Å². The fourth-order valence-corrected chi connectivity index (χ4v) is 3.02. The molecule has 0 spiro atoms. The first kappa shape index (κ1) is 17.6. The second-order valence-electron chi connectivity index (χ2n) is 6.47. The molecule has 0 aliphatic rings. The van der Waals surface area contributed by atoms with Crippen molar-refractivity contribution in [1.29, 1.82) is 5.26 Å². The molecule has 1 heterocycles. The van der Waals surface area contributed by atoms with E-state index in [1.165, 1.54) is 11.1 Å². The fraction of sp³-hybridized carbons (Fsp3) is 0.227. The Kier molecular flexibility index (Phi) is 5.28. The van der Waals surface area contributed by atoms with Gasteiger partial charge >= 0.3 is 0 Å². The van der Waals surface area contributed by atoms with Crippen molar-refractivity contribution >= 4 is 5.69 Å². The van der Waals surface area contributed by atoms with Gasteiger partial charge in [-0.15, -0.1) is 0 Å². The lowest BCUT2D eigenvalue weighted by Crippen LogP contribution is -2.13. The van der Waals surface area contributed by atoms with Crippen LogP contribution >= 0.6 is 0 Å². The molecule has 4 nitrogen and oxygen atoms in total. The average Bonchev–Trinajstić information content (AvgIpc) is 2.94. The number of benzene rings is 2. The van der Waals surface area contributed by atoms with Crippen LogP contribution < -0.4 is 10.5 Å². The Bertz CT molecular complexity index is 933. The summed E-state index contributed by atoms with van der Waals surface area (Å²) in [5, 5.41) is 9.45. The summed E-state index contributed by atoms with van der Waals surface area (Å²) in [7, 11) is 0. The smallest absolute Gasteiger partial charge is 0.122 e. The minimum atomic E-state index is 0.481. The fourth-order valence-electron chi connectivity index (χ4n) is 3.02. The van der Waals surface area contributed by atoms with E-state index in [9.17, 15) is 5.26 Å². The number of nitrogens with zero attached hydrogens (tertiary/aromatic N) is 2. The van der Waals surface area contributed by atoms with Gasteiger partial charge in [0.05, 0.1) is 12.2 Å². The average molecular weight is 345 g/mol. The number of nitrogens with two attached hydrogens (primary N) is 1. The van der Waals surface area contributed by atoms with Crippen molar-refractivity contribution in [2.75, 3.05) is 12.3 Å². The quantitative estimate of drug-likeness (QED) is 0.727. The molecule has 4 heteroatoms. The summed E-state index contributed by atoms with van der Waals surface area (Å²) in [6.07, 6.45) is 0.693. The summed E-state index contributed by atoms with van der Waals surface area (Å²) < 4.78 is 7.87. The number of para-hydroxylation sites is 1. The monoisotopic (exact) mass is 345 g/mol. The van der Waals surface area contributed by atoms with Crippen LogP contribution in [-0.4, -0.2) is 11.2 Å². The first-order valence-electron chi connectivity index (χ1n) is 8.70. The standard InChI is InChI=1S/C22H23N3O/c1-16-7-9-18(10-8-16)13-21-20(24)14-19(15-23)25(21)11-12-26-22-6-4-3-5-17(22)2/h3-10,14H,11-13,24H2,1-2H3. The molecule has 1 aromatic heterocycles. The molecule has 0 saturated heterocycles. The summed E-state index contributed by atoms with van der Waals surface area (Å²) in [4.78, 5) is 0. The van der Waals surface area contributed by atoms with E-state index in [1.807, 2.05) is 35.8 Å². The predicted octanol–water partition coefficient (Wildman–Crippen LogP) is 4.23.